The van der Waals surface area contributed by atoms with Gasteiger partial charge in [0, 0.05) is 43.3 Å². The zero-order valence-corrected chi connectivity index (χ0v) is 14.8. The average molecular weight is 378 g/mol. The summed E-state index contributed by atoms with van der Waals surface area (Å²) in [4.78, 5) is 33.1. The van der Waals surface area contributed by atoms with Crippen molar-refractivity contribution in [3.63, 3.8) is 0 Å². The number of hydrogen-bond acceptors (Lipinski definition) is 5. The molecule has 1 saturated carbocycles. The highest BCUT2D eigenvalue weighted by atomic mass is 19.3. The molecule has 144 valence electrons. The van der Waals surface area contributed by atoms with Crippen molar-refractivity contribution in [1.29, 1.82) is 0 Å². The van der Waals surface area contributed by atoms with E-state index in [1.807, 2.05) is 0 Å². The van der Waals surface area contributed by atoms with E-state index < -0.39 is 23.7 Å². The van der Waals surface area contributed by atoms with Crippen molar-refractivity contribution in [3.05, 3.63) is 24.0 Å². The highest BCUT2D eigenvalue weighted by molar-refractivity contribution is 6.04. The number of rotatable bonds is 4. The van der Waals surface area contributed by atoms with Crippen molar-refractivity contribution in [1.82, 2.24) is 14.9 Å². The highest BCUT2D eigenvalue weighted by Crippen LogP contribution is 2.49. The zero-order valence-electron chi connectivity index (χ0n) is 14.8. The SMILES string of the molecule is COC(=O)c1cnc2[nH]ccc2c1NC1CCCN(C(=O)[C@@H]2CC2(F)F)C1. The van der Waals surface area contributed by atoms with E-state index in [2.05, 4.69) is 15.3 Å². The molecule has 1 aliphatic carbocycles. The number of fused-ring (bicyclic) bond motifs is 1. The van der Waals surface area contributed by atoms with Gasteiger partial charge in [-0.25, -0.2) is 18.6 Å². The average Bonchev–Trinajstić information content (AvgIpc) is 3.06. The first-order valence-electron chi connectivity index (χ1n) is 8.88. The van der Waals surface area contributed by atoms with Gasteiger partial charge < -0.3 is 19.9 Å². The Morgan fingerprint density at radius 1 is 1.44 bits per heavy atom. The van der Waals surface area contributed by atoms with Crippen LogP contribution in [0, 0.1) is 5.92 Å². The summed E-state index contributed by atoms with van der Waals surface area (Å²) in [7, 11) is 1.30. The molecule has 2 fully saturated rings. The Morgan fingerprint density at radius 2 is 2.22 bits per heavy atom. The maximum absolute atomic E-state index is 13.2. The molecule has 7 nitrogen and oxygen atoms in total. The summed E-state index contributed by atoms with van der Waals surface area (Å²) in [5.74, 6) is -5.05. The standard InChI is InChI=1S/C18H20F2N4O3/c1-27-17(26)12-8-22-15-11(4-5-21-15)14(12)23-10-3-2-6-24(9-10)16(25)13-7-18(13,19)20/h4-5,8,10,13H,2-3,6-7,9H2,1H3,(H2,21,22,23)/t10?,13-/m0/s1. The number of nitrogens with one attached hydrogen (secondary N) is 2. The number of alkyl halides is 2. The summed E-state index contributed by atoms with van der Waals surface area (Å²) in [5.41, 5.74) is 1.48. The highest BCUT2D eigenvalue weighted by Gasteiger charge is 2.62. The first-order chi connectivity index (χ1) is 12.9. The molecule has 1 amide bonds. The van der Waals surface area contributed by atoms with Crippen LogP contribution in [0.1, 0.15) is 29.6 Å². The number of carbonyl (C=O) groups excluding carboxylic acids is 2. The number of esters is 1. The molecule has 2 N–H and O–H groups in total. The van der Waals surface area contributed by atoms with Crippen LogP contribution in [0.5, 0.6) is 0 Å². The molecule has 9 heteroatoms. The molecule has 2 aliphatic rings. The number of H-pyrrole nitrogens is 1. The Hall–Kier alpha value is -2.71. The van der Waals surface area contributed by atoms with E-state index in [9.17, 15) is 18.4 Å². The predicted octanol–water partition coefficient (Wildman–Crippen LogP) is 2.41. The lowest BCUT2D eigenvalue weighted by atomic mass is 10.0. The second-order valence-electron chi connectivity index (χ2n) is 7.06. The molecule has 4 rings (SSSR count). The second kappa shape index (κ2) is 6.47. The van der Waals surface area contributed by atoms with Crippen LogP contribution in [-0.2, 0) is 9.53 Å². The first kappa shape index (κ1) is 17.7. The summed E-state index contributed by atoms with van der Waals surface area (Å²) in [6, 6.07) is 1.65. The zero-order chi connectivity index (χ0) is 19.2. The Balaban J connectivity index is 1.56. The number of halogens is 2. The van der Waals surface area contributed by atoms with Gasteiger partial charge in [0.15, 0.2) is 0 Å². The van der Waals surface area contributed by atoms with Crippen LogP contribution in [0.25, 0.3) is 11.0 Å². The third-order valence-corrected chi connectivity index (χ3v) is 5.20. The predicted molar refractivity (Wildman–Crippen MR) is 93.7 cm³/mol. The molecule has 3 heterocycles. The molecule has 1 aliphatic heterocycles. The fraction of sp³-hybridized carbons (Fsp3) is 0.500. The fourth-order valence-electron chi connectivity index (χ4n) is 3.63. The van der Waals surface area contributed by atoms with Crippen LogP contribution in [0.4, 0.5) is 14.5 Å². The minimum Gasteiger partial charge on any atom is -0.465 e. The molecule has 1 saturated heterocycles. The number of pyridine rings is 1. The monoisotopic (exact) mass is 378 g/mol. The van der Waals surface area contributed by atoms with Crippen molar-refractivity contribution < 1.29 is 23.1 Å². The summed E-state index contributed by atoms with van der Waals surface area (Å²) in [5, 5.41) is 4.05. The van der Waals surface area contributed by atoms with Crippen LogP contribution in [-0.4, -0.2) is 58.9 Å². The molecule has 0 aromatic carbocycles. The van der Waals surface area contributed by atoms with Gasteiger partial charge in [0.1, 0.15) is 17.1 Å². The van der Waals surface area contributed by atoms with Gasteiger partial charge in [0.05, 0.1) is 12.8 Å². The Morgan fingerprint density at radius 3 is 2.93 bits per heavy atom. The van der Waals surface area contributed by atoms with E-state index >= 15 is 0 Å². The number of nitrogens with zero attached hydrogens (tertiary/aromatic N) is 2. The van der Waals surface area contributed by atoms with Gasteiger partial charge in [0.25, 0.3) is 5.92 Å². The third kappa shape index (κ3) is 3.22. The van der Waals surface area contributed by atoms with Gasteiger partial charge in [-0.15, -0.1) is 0 Å². The van der Waals surface area contributed by atoms with Crippen LogP contribution in [0.3, 0.4) is 0 Å². The number of aromatic nitrogens is 2. The number of aromatic amines is 1. The van der Waals surface area contributed by atoms with Crippen LogP contribution < -0.4 is 5.32 Å². The number of anilines is 1. The minimum absolute atomic E-state index is 0.154. The van der Waals surface area contributed by atoms with Gasteiger partial charge in [0.2, 0.25) is 5.91 Å². The van der Waals surface area contributed by atoms with Crippen LogP contribution in [0.2, 0.25) is 0 Å². The van der Waals surface area contributed by atoms with Crippen molar-refractivity contribution in [3.8, 4) is 0 Å². The molecule has 0 radical (unpaired) electrons. The molecule has 2 aromatic rings. The summed E-state index contributed by atoms with van der Waals surface area (Å²) in [6.45, 7) is 0.795. The van der Waals surface area contributed by atoms with Gasteiger partial charge in [-0.2, -0.15) is 0 Å². The van der Waals surface area contributed by atoms with E-state index in [-0.39, 0.29) is 12.5 Å². The van der Waals surface area contributed by atoms with Gasteiger partial charge in [-0.05, 0) is 18.9 Å². The topological polar surface area (TPSA) is 87.3 Å². The van der Waals surface area contributed by atoms with E-state index in [0.717, 1.165) is 11.8 Å². The van der Waals surface area contributed by atoms with Crippen molar-refractivity contribution in [2.45, 2.75) is 31.2 Å². The number of amides is 1. The third-order valence-electron chi connectivity index (χ3n) is 5.20. The number of ether oxygens (including phenoxy) is 1. The molecule has 1 unspecified atom stereocenters. The Labute approximate surface area is 154 Å². The van der Waals surface area contributed by atoms with Crippen molar-refractivity contribution in [2.75, 3.05) is 25.5 Å². The summed E-state index contributed by atoms with van der Waals surface area (Å²) >= 11 is 0. The van der Waals surface area contributed by atoms with E-state index in [0.29, 0.717) is 36.4 Å². The molecular weight excluding hydrogens is 358 g/mol. The number of carbonyl (C=O) groups is 2. The molecule has 27 heavy (non-hydrogen) atoms. The lowest BCUT2D eigenvalue weighted by molar-refractivity contribution is -0.135. The largest absolute Gasteiger partial charge is 0.465 e. The van der Waals surface area contributed by atoms with E-state index in [1.54, 1.807) is 12.3 Å². The number of methoxy groups -OCH3 is 1. The second-order valence-corrected chi connectivity index (χ2v) is 7.06. The normalized spacial score (nSPS) is 23.9. The lowest BCUT2D eigenvalue weighted by Crippen LogP contribution is -2.46. The quantitative estimate of drug-likeness (QED) is 0.798. The molecule has 2 aromatic heterocycles. The van der Waals surface area contributed by atoms with Gasteiger partial charge in [-0.1, -0.05) is 0 Å². The lowest BCUT2D eigenvalue weighted by Gasteiger charge is -2.34. The number of piperidine rings is 1. The Bertz CT molecular complexity index is 898. The molecule has 2 atom stereocenters. The maximum atomic E-state index is 13.2. The van der Waals surface area contributed by atoms with Gasteiger partial charge in [-0.3, -0.25) is 4.79 Å². The smallest absolute Gasteiger partial charge is 0.341 e. The van der Waals surface area contributed by atoms with Crippen LogP contribution >= 0.6 is 0 Å². The first-order valence-corrected chi connectivity index (χ1v) is 8.88. The van der Waals surface area contributed by atoms with E-state index in [4.69, 9.17) is 4.74 Å². The number of likely N-dealkylation sites (tertiary alicyclic amines) is 1. The fourth-order valence-corrected chi connectivity index (χ4v) is 3.63. The summed E-state index contributed by atoms with van der Waals surface area (Å²) < 4.78 is 31.3. The van der Waals surface area contributed by atoms with Crippen LogP contribution in [0.15, 0.2) is 18.5 Å². The van der Waals surface area contributed by atoms with Crippen molar-refractivity contribution in [2.24, 2.45) is 5.92 Å². The summed E-state index contributed by atoms with van der Waals surface area (Å²) in [6.07, 6.45) is 4.26. The van der Waals surface area contributed by atoms with Crippen molar-refractivity contribution >= 4 is 28.6 Å². The van der Waals surface area contributed by atoms with E-state index in [1.165, 1.54) is 18.2 Å². The Kier molecular flexibility index (Phi) is 4.24. The number of hydrogen-bond donors (Lipinski definition) is 2. The molecule has 0 spiro atoms. The minimum atomic E-state index is -2.86. The maximum Gasteiger partial charge on any atom is 0.341 e. The van der Waals surface area contributed by atoms with Gasteiger partial charge >= 0.3 is 5.97 Å². The molecule has 0 bridgehead atoms. The molecular formula is C18H20F2N4O3.